The van der Waals surface area contributed by atoms with Crippen molar-refractivity contribution in [2.45, 2.75) is 19.8 Å². The van der Waals surface area contributed by atoms with E-state index < -0.39 is 0 Å². The third-order valence-electron chi connectivity index (χ3n) is 3.23. The van der Waals surface area contributed by atoms with Crippen LogP contribution in [0.2, 0.25) is 0 Å². The maximum atomic E-state index is 11.1. The molecular weight excluding hydrogens is 286 g/mol. The molecule has 1 aromatic carbocycles. The summed E-state index contributed by atoms with van der Waals surface area (Å²) in [6, 6.07) is 7.02. The van der Waals surface area contributed by atoms with E-state index >= 15 is 0 Å². The molecule has 0 unspecified atom stereocenters. The molecule has 0 aliphatic heterocycles. The van der Waals surface area contributed by atoms with E-state index in [2.05, 4.69) is 16.6 Å². The van der Waals surface area contributed by atoms with E-state index in [4.69, 9.17) is 0 Å². The molecular formula is C15H19N3O2S. The number of hydrogen-bond acceptors (Lipinski definition) is 5. The number of hydrogen-bond donors (Lipinski definition) is 1. The lowest BCUT2D eigenvalue weighted by atomic mass is 10.1. The fourth-order valence-electron chi connectivity index (χ4n) is 2.25. The zero-order valence-corrected chi connectivity index (χ0v) is 13.1. The summed E-state index contributed by atoms with van der Waals surface area (Å²) < 4.78 is 0. The number of fused-ring (bicyclic) bond motifs is 1. The number of aryl methyl sites for hydroxylation is 1. The number of para-hydroxylation sites is 1. The summed E-state index contributed by atoms with van der Waals surface area (Å²) in [5.74, 6) is 1.16. The van der Waals surface area contributed by atoms with Crippen LogP contribution < -0.4 is 5.32 Å². The molecule has 0 radical (unpaired) electrons. The van der Waals surface area contributed by atoms with Crippen LogP contribution in [0, 0.1) is 17.0 Å². The quantitative estimate of drug-likeness (QED) is 0.475. The highest BCUT2D eigenvalue weighted by molar-refractivity contribution is 7.98. The number of benzene rings is 1. The minimum absolute atomic E-state index is 0.0571. The number of rotatable bonds is 7. The normalized spacial score (nSPS) is 10.8. The van der Waals surface area contributed by atoms with Crippen LogP contribution in [0.25, 0.3) is 10.9 Å². The van der Waals surface area contributed by atoms with E-state index in [1.165, 1.54) is 6.07 Å². The van der Waals surface area contributed by atoms with Crippen LogP contribution in [0.4, 0.5) is 11.4 Å². The van der Waals surface area contributed by atoms with Crippen LogP contribution in [0.3, 0.4) is 0 Å². The van der Waals surface area contributed by atoms with Gasteiger partial charge in [0, 0.05) is 29.4 Å². The number of nitrogens with zero attached hydrogens (tertiary/aromatic N) is 2. The number of nitro benzene ring substituents is 1. The largest absolute Gasteiger partial charge is 0.384 e. The number of anilines is 1. The fraction of sp³-hybridized carbons (Fsp3) is 0.400. The van der Waals surface area contributed by atoms with Gasteiger partial charge in [0.25, 0.3) is 5.69 Å². The Kier molecular flexibility index (Phi) is 5.38. The Hall–Kier alpha value is -1.82. The first-order chi connectivity index (χ1) is 10.1. The topological polar surface area (TPSA) is 68.1 Å². The monoisotopic (exact) mass is 305 g/mol. The highest BCUT2D eigenvalue weighted by Crippen LogP contribution is 2.29. The van der Waals surface area contributed by atoms with Gasteiger partial charge in [0.15, 0.2) is 5.52 Å². The van der Waals surface area contributed by atoms with Gasteiger partial charge < -0.3 is 5.32 Å². The Morgan fingerprint density at radius 1 is 1.38 bits per heavy atom. The number of pyridine rings is 1. The molecule has 0 fully saturated rings. The van der Waals surface area contributed by atoms with E-state index in [-0.39, 0.29) is 10.6 Å². The molecule has 1 aromatic heterocycles. The molecule has 6 heteroatoms. The zero-order valence-electron chi connectivity index (χ0n) is 12.3. The minimum Gasteiger partial charge on any atom is -0.384 e. The fourth-order valence-corrected chi connectivity index (χ4v) is 2.74. The summed E-state index contributed by atoms with van der Waals surface area (Å²) in [5, 5.41) is 15.3. The lowest BCUT2D eigenvalue weighted by Gasteiger charge is -2.10. The van der Waals surface area contributed by atoms with Crippen LogP contribution in [-0.4, -0.2) is 28.5 Å². The maximum Gasteiger partial charge on any atom is 0.295 e. The smallest absolute Gasteiger partial charge is 0.295 e. The maximum absolute atomic E-state index is 11.1. The van der Waals surface area contributed by atoms with Crippen molar-refractivity contribution in [2.75, 3.05) is 23.9 Å². The van der Waals surface area contributed by atoms with Crippen molar-refractivity contribution in [3.05, 3.63) is 40.1 Å². The van der Waals surface area contributed by atoms with E-state index in [1.54, 1.807) is 6.07 Å². The third kappa shape index (κ3) is 3.85. The predicted octanol–water partition coefficient (Wildman–Crippen LogP) is 4.01. The van der Waals surface area contributed by atoms with E-state index in [0.717, 1.165) is 41.9 Å². The Labute approximate surface area is 128 Å². The molecule has 112 valence electrons. The van der Waals surface area contributed by atoms with Crippen molar-refractivity contribution in [2.24, 2.45) is 0 Å². The standard InChI is InChI=1S/C15H19N3O2S/c1-11-10-13(16-8-3-4-9-21-2)12-6-5-7-14(18(19)20)15(12)17-11/h5-7,10H,3-4,8-9H2,1-2H3,(H,16,17). The molecule has 0 saturated heterocycles. The van der Waals surface area contributed by atoms with Gasteiger partial charge in [-0.2, -0.15) is 11.8 Å². The Balaban J connectivity index is 2.27. The molecule has 0 atom stereocenters. The average Bonchev–Trinajstić information content (AvgIpc) is 2.46. The lowest BCUT2D eigenvalue weighted by Crippen LogP contribution is -2.04. The van der Waals surface area contributed by atoms with Gasteiger partial charge in [-0.05, 0) is 37.8 Å². The van der Waals surface area contributed by atoms with E-state index in [9.17, 15) is 10.1 Å². The van der Waals surface area contributed by atoms with E-state index in [0.29, 0.717) is 5.52 Å². The Bertz CT molecular complexity index is 646. The van der Waals surface area contributed by atoms with Crippen molar-refractivity contribution in [3.63, 3.8) is 0 Å². The van der Waals surface area contributed by atoms with Crippen LogP contribution in [0.15, 0.2) is 24.3 Å². The number of thioether (sulfide) groups is 1. The molecule has 0 bridgehead atoms. The van der Waals surface area contributed by atoms with Crippen molar-refractivity contribution in [1.29, 1.82) is 0 Å². The van der Waals surface area contributed by atoms with E-state index in [1.807, 2.05) is 30.8 Å². The summed E-state index contributed by atoms with van der Waals surface area (Å²) >= 11 is 1.85. The lowest BCUT2D eigenvalue weighted by molar-refractivity contribution is -0.383. The second-order valence-corrected chi connectivity index (χ2v) is 5.85. The molecule has 5 nitrogen and oxygen atoms in total. The zero-order chi connectivity index (χ0) is 15.2. The molecule has 1 heterocycles. The molecule has 21 heavy (non-hydrogen) atoms. The van der Waals surface area contributed by atoms with Crippen LogP contribution in [0.1, 0.15) is 18.5 Å². The van der Waals surface area contributed by atoms with Crippen molar-refractivity contribution in [3.8, 4) is 0 Å². The summed E-state index contributed by atoms with van der Waals surface area (Å²) in [4.78, 5) is 15.1. The Morgan fingerprint density at radius 2 is 2.19 bits per heavy atom. The van der Waals surface area contributed by atoms with Gasteiger partial charge in [-0.3, -0.25) is 10.1 Å². The van der Waals surface area contributed by atoms with Gasteiger partial charge in [-0.25, -0.2) is 4.98 Å². The van der Waals surface area contributed by atoms with Crippen LogP contribution >= 0.6 is 11.8 Å². The van der Waals surface area contributed by atoms with Crippen molar-refractivity contribution >= 4 is 34.0 Å². The molecule has 2 rings (SSSR count). The number of non-ortho nitro benzene ring substituents is 1. The van der Waals surface area contributed by atoms with Gasteiger partial charge in [0.05, 0.1) is 4.92 Å². The number of aromatic nitrogens is 1. The second-order valence-electron chi connectivity index (χ2n) is 4.87. The van der Waals surface area contributed by atoms with Crippen LogP contribution in [-0.2, 0) is 0 Å². The summed E-state index contributed by atoms with van der Waals surface area (Å²) in [6.45, 7) is 2.72. The number of nitrogens with one attached hydrogen (secondary N) is 1. The number of nitro groups is 1. The summed E-state index contributed by atoms with van der Waals surface area (Å²) in [7, 11) is 0. The van der Waals surface area contributed by atoms with Gasteiger partial charge in [-0.15, -0.1) is 0 Å². The van der Waals surface area contributed by atoms with Gasteiger partial charge in [0.1, 0.15) is 0 Å². The average molecular weight is 305 g/mol. The first kappa shape index (κ1) is 15.6. The first-order valence-electron chi connectivity index (χ1n) is 6.91. The first-order valence-corrected chi connectivity index (χ1v) is 8.30. The third-order valence-corrected chi connectivity index (χ3v) is 3.93. The molecule has 0 spiro atoms. The highest BCUT2D eigenvalue weighted by Gasteiger charge is 2.15. The number of unbranched alkanes of at least 4 members (excludes halogenated alkanes) is 1. The highest BCUT2D eigenvalue weighted by atomic mass is 32.2. The minimum atomic E-state index is -0.378. The molecule has 0 saturated carbocycles. The van der Waals surface area contributed by atoms with Gasteiger partial charge in [-0.1, -0.05) is 12.1 Å². The Morgan fingerprint density at radius 3 is 2.90 bits per heavy atom. The molecule has 0 aliphatic rings. The molecule has 0 amide bonds. The van der Waals surface area contributed by atoms with Crippen LogP contribution in [0.5, 0.6) is 0 Å². The van der Waals surface area contributed by atoms with Crippen molar-refractivity contribution < 1.29 is 4.92 Å². The second kappa shape index (κ2) is 7.26. The molecule has 2 aromatic rings. The van der Waals surface area contributed by atoms with Crippen molar-refractivity contribution in [1.82, 2.24) is 4.98 Å². The SMILES string of the molecule is CSCCCCNc1cc(C)nc2c([N+](=O)[O-])cccc12. The molecule has 1 N–H and O–H groups in total. The predicted molar refractivity (Wildman–Crippen MR) is 89.2 cm³/mol. The molecule has 0 aliphatic carbocycles. The van der Waals surface area contributed by atoms with Gasteiger partial charge in [0.2, 0.25) is 0 Å². The summed E-state index contributed by atoms with van der Waals surface area (Å²) in [6.07, 6.45) is 4.35. The summed E-state index contributed by atoms with van der Waals surface area (Å²) in [5.41, 5.74) is 2.21. The van der Waals surface area contributed by atoms with Gasteiger partial charge >= 0.3 is 0 Å².